The summed E-state index contributed by atoms with van der Waals surface area (Å²) in [6.45, 7) is 5.15. The predicted molar refractivity (Wildman–Crippen MR) is 81.5 cm³/mol. The van der Waals surface area contributed by atoms with Gasteiger partial charge >= 0.3 is 5.97 Å². The molecule has 2 rings (SSSR count). The summed E-state index contributed by atoms with van der Waals surface area (Å²) in [5, 5.41) is 12.5. The first-order chi connectivity index (χ1) is 9.58. The van der Waals surface area contributed by atoms with E-state index in [0.717, 1.165) is 30.1 Å². The molecule has 0 saturated carbocycles. The summed E-state index contributed by atoms with van der Waals surface area (Å²) in [5.41, 5.74) is 2.13. The average Bonchev–Trinajstić information content (AvgIpc) is 2.42. The Hall–Kier alpha value is -1.55. The molecule has 0 bridgehead atoms. The molecule has 0 aliphatic carbocycles. The van der Waals surface area contributed by atoms with Crippen LogP contribution in [0, 0.1) is 12.8 Å². The van der Waals surface area contributed by atoms with Crippen LogP contribution in [0.2, 0.25) is 0 Å². The molecule has 0 unspecified atom stereocenters. The molecule has 1 aliphatic heterocycles. The Morgan fingerprint density at radius 1 is 1.40 bits per heavy atom. The fourth-order valence-electron chi connectivity index (χ4n) is 2.83. The topological polar surface area (TPSA) is 52.6 Å². The van der Waals surface area contributed by atoms with Crippen LogP contribution in [0.5, 0.6) is 0 Å². The van der Waals surface area contributed by atoms with Gasteiger partial charge in [0.05, 0.1) is 11.3 Å². The highest BCUT2D eigenvalue weighted by Crippen LogP contribution is 2.23. The Morgan fingerprint density at radius 3 is 2.75 bits per heavy atom. The Labute approximate surface area is 120 Å². The van der Waals surface area contributed by atoms with E-state index in [2.05, 4.69) is 17.3 Å². The van der Waals surface area contributed by atoms with E-state index in [1.54, 1.807) is 12.1 Å². The maximum Gasteiger partial charge on any atom is 0.337 e. The molecule has 20 heavy (non-hydrogen) atoms. The van der Waals surface area contributed by atoms with Gasteiger partial charge in [-0.05, 0) is 63.9 Å². The molecule has 0 aromatic heterocycles. The standard InChI is InChI=1S/C16H24N2O2/c1-12-4-3-5-14(16(19)20)15(12)17-9-6-13-7-10-18(2)11-8-13/h3-5,13,17H,6-11H2,1-2H3,(H,19,20). The molecule has 4 nitrogen and oxygen atoms in total. The number of hydrogen-bond donors (Lipinski definition) is 2. The first-order valence-electron chi connectivity index (χ1n) is 7.33. The summed E-state index contributed by atoms with van der Waals surface area (Å²) in [7, 11) is 2.17. The average molecular weight is 276 g/mol. The van der Waals surface area contributed by atoms with Crippen molar-refractivity contribution >= 4 is 11.7 Å². The fraction of sp³-hybridized carbons (Fsp3) is 0.562. The largest absolute Gasteiger partial charge is 0.478 e. The molecule has 1 aromatic rings. The van der Waals surface area contributed by atoms with Crippen molar-refractivity contribution in [3.63, 3.8) is 0 Å². The SMILES string of the molecule is Cc1cccc(C(=O)O)c1NCCC1CCN(C)CC1. The first-order valence-corrected chi connectivity index (χ1v) is 7.33. The molecule has 1 aliphatic rings. The first kappa shape index (κ1) is 14.9. The molecule has 0 spiro atoms. The van der Waals surface area contributed by atoms with Crippen LogP contribution in [0.15, 0.2) is 18.2 Å². The number of nitrogens with zero attached hydrogens (tertiary/aromatic N) is 1. The minimum Gasteiger partial charge on any atom is -0.478 e. The van der Waals surface area contributed by atoms with Gasteiger partial charge in [0.2, 0.25) is 0 Å². The second-order valence-corrected chi connectivity index (χ2v) is 5.76. The summed E-state index contributed by atoms with van der Waals surface area (Å²) in [6, 6.07) is 5.40. The number of likely N-dealkylation sites (tertiary alicyclic amines) is 1. The number of rotatable bonds is 5. The van der Waals surface area contributed by atoms with E-state index >= 15 is 0 Å². The van der Waals surface area contributed by atoms with Gasteiger partial charge in [0, 0.05) is 6.54 Å². The zero-order valence-electron chi connectivity index (χ0n) is 12.4. The summed E-state index contributed by atoms with van der Waals surface area (Å²) in [5.74, 6) is -0.105. The van der Waals surface area contributed by atoms with Crippen molar-refractivity contribution in [3.8, 4) is 0 Å². The quantitative estimate of drug-likeness (QED) is 0.868. The number of carboxylic acid groups (broad SMARTS) is 1. The number of anilines is 1. The maximum atomic E-state index is 11.2. The molecule has 0 atom stereocenters. The van der Waals surface area contributed by atoms with E-state index in [1.807, 2.05) is 13.0 Å². The number of aryl methyl sites for hydroxylation is 1. The monoisotopic (exact) mass is 276 g/mol. The van der Waals surface area contributed by atoms with Crippen LogP contribution in [-0.4, -0.2) is 42.7 Å². The van der Waals surface area contributed by atoms with E-state index in [1.165, 1.54) is 25.9 Å². The van der Waals surface area contributed by atoms with Gasteiger partial charge in [-0.2, -0.15) is 0 Å². The molecule has 110 valence electrons. The van der Waals surface area contributed by atoms with Gasteiger partial charge in [0.25, 0.3) is 0 Å². The number of nitrogens with one attached hydrogen (secondary N) is 1. The summed E-state index contributed by atoms with van der Waals surface area (Å²) in [6.07, 6.45) is 3.61. The highest BCUT2D eigenvalue weighted by atomic mass is 16.4. The van der Waals surface area contributed by atoms with Gasteiger partial charge < -0.3 is 15.3 Å². The Morgan fingerprint density at radius 2 is 2.10 bits per heavy atom. The van der Waals surface area contributed by atoms with Crippen molar-refractivity contribution in [2.75, 3.05) is 32.0 Å². The van der Waals surface area contributed by atoms with Gasteiger partial charge in [-0.1, -0.05) is 12.1 Å². The van der Waals surface area contributed by atoms with E-state index in [0.29, 0.717) is 5.56 Å². The number of carboxylic acids is 1. The minimum absolute atomic E-state index is 0.369. The third-order valence-corrected chi connectivity index (χ3v) is 4.20. The van der Waals surface area contributed by atoms with Gasteiger partial charge in [-0.3, -0.25) is 0 Å². The molecule has 1 fully saturated rings. The van der Waals surface area contributed by atoms with Gasteiger partial charge in [0.1, 0.15) is 0 Å². The third-order valence-electron chi connectivity index (χ3n) is 4.20. The minimum atomic E-state index is -0.865. The smallest absolute Gasteiger partial charge is 0.337 e. The van der Waals surface area contributed by atoms with E-state index in [9.17, 15) is 9.90 Å². The number of benzene rings is 1. The van der Waals surface area contributed by atoms with Crippen LogP contribution in [0.1, 0.15) is 35.2 Å². The molecule has 2 N–H and O–H groups in total. The van der Waals surface area contributed by atoms with E-state index in [-0.39, 0.29) is 0 Å². The molecule has 0 amide bonds. The normalized spacial score (nSPS) is 17.1. The lowest BCUT2D eigenvalue weighted by Crippen LogP contribution is -2.30. The summed E-state index contributed by atoms with van der Waals surface area (Å²) < 4.78 is 0. The summed E-state index contributed by atoms with van der Waals surface area (Å²) >= 11 is 0. The van der Waals surface area contributed by atoms with Crippen molar-refractivity contribution in [1.29, 1.82) is 0 Å². The highest BCUT2D eigenvalue weighted by molar-refractivity contribution is 5.95. The predicted octanol–water partition coefficient (Wildman–Crippen LogP) is 2.84. The van der Waals surface area contributed by atoms with Crippen molar-refractivity contribution in [2.45, 2.75) is 26.2 Å². The van der Waals surface area contributed by atoms with Gasteiger partial charge in [0.15, 0.2) is 0 Å². The molecule has 1 heterocycles. The molecule has 4 heteroatoms. The molecule has 0 radical (unpaired) electrons. The summed E-state index contributed by atoms with van der Waals surface area (Å²) in [4.78, 5) is 13.6. The zero-order chi connectivity index (χ0) is 14.5. The van der Waals surface area contributed by atoms with Gasteiger partial charge in [-0.15, -0.1) is 0 Å². The van der Waals surface area contributed by atoms with Crippen LogP contribution in [0.25, 0.3) is 0 Å². The van der Waals surface area contributed by atoms with Crippen LogP contribution < -0.4 is 5.32 Å². The Kier molecular flexibility index (Phi) is 5.01. The number of aromatic carboxylic acids is 1. The van der Waals surface area contributed by atoms with Gasteiger partial charge in [-0.25, -0.2) is 4.79 Å². The maximum absolute atomic E-state index is 11.2. The van der Waals surface area contributed by atoms with E-state index < -0.39 is 5.97 Å². The molecular formula is C16H24N2O2. The molecule has 1 saturated heterocycles. The fourth-order valence-corrected chi connectivity index (χ4v) is 2.83. The van der Waals surface area contributed by atoms with Crippen molar-refractivity contribution < 1.29 is 9.90 Å². The van der Waals surface area contributed by atoms with E-state index in [4.69, 9.17) is 0 Å². The van der Waals surface area contributed by atoms with Crippen LogP contribution in [-0.2, 0) is 0 Å². The zero-order valence-corrected chi connectivity index (χ0v) is 12.4. The number of para-hydroxylation sites is 1. The lowest BCUT2D eigenvalue weighted by molar-refractivity contribution is 0.0698. The number of hydrogen-bond acceptors (Lipinski definition) is 3. The third kappa shape index (κ3) is 3.73. The van der Waals surface area contributed by atoms with Crippen molar-refractivity contribution in [2.24, 2.45) is 5.92 Å². The van der Waals surface area contributed by atoms with Crippen LogP contribution in [0.3, 0.4) is 0 Å². The van der Waals surface area contributed by atoms with Crippen LogP contribution in [0.4, 0.5) is 5.69 Å². The van der Waals surface area contributed by atoms with Crippen LogP contribution >= 0.6 is 0 Å². The second-order valence-electron chi connectivity index (χ2n) is 5.76. The Balaban J connectivity index is 1.89. The second kappa shape index (κ2) is 6.75. The Bertz CT molecular complexity index is 466. The van der Waals surface area contributed by atoms with Crippen molar-refractivity contribution in [1.82, 2.24) is 4.90 Å². The lowest BCUT2D eigenvalue weighted by atomic mass is 9.94. The van der Waals surface area contributed by atoms with Crippen molar-refractivity contribution in [3.05, 3.63) is 29.3 Å². The highest BCUT2D eigenvalue weighted by Gasteiger charge is 2.17. The lowest BCUT2D eigenvalue weighted by Gasteiger charge is -2.29. The number of carbonyl (C=O) groups is 1. The molecular weight excluding hydrogens is 252 g/mol. The molecule has 1 aromatic carbocycles. The number of piperidine rings is 1.